The van der Waals surface area contributed by atoms with Gasteiger partial charge in [0.05, 0.1) is 19.8 Å². The first-order valence-electron chi connectivity index (χ1n) is 12.0. The zero-order valence-corrected chi connectivity index (χ0v) is 21.2. The molecule has 0 unspecified atom stereocenters. The first-order valence-corrected chi connectivity index (χ1v) is 12.0. The molecule has 0 saturated carbocycles. The van der Waals surface area contributed by atoms with Crippen molar-refractivity contribution >= 4 is 11.9 Å². The molecule has 0 spiro atoms. The van der Waals surface area contributed by atoms with Crippen LogP contribution in [0.25, 0.3) is 0 Å². The average Bonchev–Trinajstić information content (AvgIpc) is 2.92. The van der Waals surface area contributed by atoms with Gasteiger partial charge in [-0.25, -0.2) is 9.59 Å². The lowest BCUT2D eigenvalue weighted by Crippen LogP contribution is -2.62. The van der Waals surface area contributed by atoms with Gasteiger partial charge in [-0.15, -0.1) is 0 Å². The predicted molar refractivity (Wildman–Crippen MR) is 122 cm³/mol. The number of ether oxygens (including phenoxy) is 5. The summed E-state index contributed by atoms with van der Waals surface area (Å²) in [6.45, 7) is 2.10. The van der Waals surface area contributed by atoms with Crippen LogP contribution in [0.1, 0.15) is 6.92 Å². The minimum atomic E-state index is -2.47. The Morgan fingerprint density at radius 3 is 1.80 bits per heavy atom. The van der Waals surface area contributed by atoms with E-state index in [0.29, 0.717) is 0 Å². The van der Waals surface area contributed by atoms with Crippen molar-refractivity contribution in [1.29, 1.82) is 0 Å². The summed E-state index contributed by atoms with van der Waals surface area (Å²) in [7, 11) is 0. The van der Waals surface area contributed by atoms with Crippen LogP contribution >= 0.6 is 0 Å². The monoisotopic (exact) mass is 588 g/mol. The van der Waals surface area contributed by atoms with Gasteiger partial charge in [-0.2, -0.15) is 0 Å². The molecule has 0 aromatic carbocycles. The molecule has 232 valence electrons. The first-order chi connectivity index (χ1) is 18.6. The SMILES string of the molecule is C=C(C)C(=O)OC(=O)[C@H](O)[C@@H](O)[C@H](O)[C@H](O)CO[C@H]1O[C@H](CO[C@H]2O[C@H](CO)[C@@H](O)[C@H](O)[C@H]2O)[C@@H](O)[C@H](O)[C@H]1O. The minimum Gasteiger partial charge on any atom is -0.394 e. The van der Waals surface area contributed by atoms with Gasteiger partial charge >= 0.3 is 11.9 Å². The topological polar surface area (TPSA) is 303 Å². The van der Waals surface area contributed by atoms with E-state index in [1.165, 1.54) is 6.92 Å². The lowest BCUT2D eigenvalue weighted by molar-refractivity contribution is -0.333. The minimum absolute atomic E-state index is 0.195. The van der Waals surface area contributed by atoms with Gasteiger partial charge < -0.3 is 79.9 Å². The Labute approximate surface area is 226 Å². The molecular formula is C22H36O18. The molecule has 18 heteroatoms. The van der Waals surface area contributed by atoms with E-state index in [2.05, 4.69) is 11.3 Å². The van der Waals surface area contributed by atoms with Gasteiger partial charge in [0.1, 0.15) is 67.1 Å². The van der Waals surface area contributed by atoms with Gasteiger partial charge in [-0.05, 0) is 6.92 Å². The van der Waals surface area contributed by atoms with Crippen molar-refractivity contribution in [3.63, 3.8) is 0 Å². The van der Waals surface area contributed by atoms with Gasteiger partial charge in [0.2, 0.25) is 0 Å². The standard InChI is InChI=1S/C22H36O18/c1-6(2)19(34)40-20(35)16(31)13(28)10(25)7(24)4-36-21-18(33)15(30)12(27)9(39-21)5-37-22-17(32)14(29)11(26)8(3-23)38-22/h7-18,21-33H,1,3-5H2,2H3/t7-,8-,9-,10-,11-,12-,13+,14+,15+,16-,17-,18-,21+,22+/m1/s1. The van der Waals surface area contributed by atoms with E-state index in [-0.39, 0.29) is 5.57 Å². The van der Waals surface area contributed by atoms with Gasteiger partial charge in [0.15, 0.2) is 18.7 Å². The van der Waals surface area contributed by atoms with Crippen molar-refractivity contribution in [2.45, 2.75) is 92.8 Å². The van der Waals surface area contributed by atoms with Crippen molar-refractivity contribution in [3.8, 4) is 0 Å². The molecule has 11 N–H and O–H groups in total. The maximum absolute atomic E-state index is 11.7. The largest absolute Gasteiger partial charge is 0.394 e. The maximum atomic E-state index is 11.7. The highest BCUT2D eigenvalue weighted by Crippen LogP contribution is 2.26. The summed E-state index contributed by atoms with van der Waals surface area (Å²) in [5.74, 6) is -2.85. The fourth-order valence-corrected chi connectivity index (χ4v) is 3.67. The summed E-state index contributed by atoms with van der Waals surface area (Å²) in [5.41, 5.74) is -0.195. The van der Waals surface area contributed by atoms with Crippen LogP contribution in [0.15, 0.2) is 12.2 Å². The highest BCUT2D eigenvalue weighted by atomic mass is 16.7. The van der Waals surface area contributed by atoms with Crippen molar-refractivity contribution < 1.29 is 89.4 Å². The number of aliphatic hydroxyl groups is 11. The van der Waals surface area contributed by atoms with E-state index in [1.54, 1.807) is 0 Å². The van der Waals surface area contributed by atoms with Crippen LogP contribution in [0.5, 0.6) is 0 Å². The van der Waals surface area contributed by atoms with E-state index < -0.39 is 118 Å². The number of hydrogen-bond acceptors (Lipinski definition) is 18. The fraction of sp³-hybridized carbons (Fsp3) is 0.818. The maximum Gasteiger partial charge on any atom is 0.345 e. The normalized spacial score (nSPS) is 37.7. The summed E-state index contributed by atoms with van der Waals surface area (Å²) in [4.78, 5) is 23.1. The molecule has 0 aromatic rings. The molecular weight excluding hydrogens is 552 g/mol. The highest BCUT2D eigenvalue weighted by Gasteiger charge is 2.48. The molecule has 0 aliphatic carbocycles. The van der Waals surface area contributed by atoms with E-state index in [0.717, 1.165) is 0 Å². The van der Waals surface area contributed by atoms with Crippen molar-refractivity contribution in [3.05, 3.63) is 12.2 Å². The molecule has 2 aliphatic heterocycles. The van der Waals surface area contributed by atoms with Crippen molar-refractivity contribution in [1.82, 2.24) is 0 Å². The van der Waals surface area contributed by atoms with Crippen LogP contribution in [-0.4, -0.2) is 174 Å². The molecule has 0 bridgehead atoms. The van der Waals surface area contributed by atoms with Gasteiger partial charge in [0, 0.05) is 5.57 Å². The van der Waals surface area contributed by atoms with Crippen LogP contribution in [-0.2, 0) is 33.3 Å². The quantitative estimate of drug-likeness (QED) is 0.0573. The third kappa shape index (κ3) is 8.18. The molecule has 18 nitrogen and oxygen atoms in total. The van der Waals surface area contributed by atoms with Gasteiger partial charge in [0.25, 0.3) is 0 Å². The van der Waals surface area contributed by atoms with Crippen LogP contribution in [0.4, 0.5) is 0 Å². The Morgan fingerprint density at radius 1 is 0.775 bits per heavy atom. The average molecular weight is 589 g/mol. The van der Waals surface area contributed by atoms with Crippen molar-refractivity contribution in [2.24, 2.45) is 0 Å². The number of carbonyl (C=O) groups excluding carboxylic acids is 2. The number of carbonyl (C=O) groups is 2. The smallest absolute Gasteiger partial charge is 0.345 e. The second kappa shape index (κ2) is 15.0. The summed E-state index contributed by atoms with van der Waals surface area (Å²) >= 11 is 0. The number of esters is 2. The van der Waals surface area contributed by atoms with E-state index in [9.17, 15) is 65.8 Å². The summed E-state index contributed by atoms with van der Waals surface area (Å²) in [5, 5.41) is 110. The Hall–Kier alpha value is -1.72. The molecule has 14 atom stereocenters. The summed E-state index contributed by atoms with van der Waals surface area (Å²) in [6, 6.07) is 0. The molecule has 2 rings (SSSR count). The lowest BCUT2D eigenvalue weighted by Gasteiger charge is -2.42. The summed E-state index contributed by atoms with van der Waals surface area (Å²) < 4.78 is 25.1. The molecule has 40 heavy (non-hydrogen) atoms. The number of hydrogen-bond donors (Lipinski definition) is 11. The molecule has 2 saturated heterocycles. The third-order valence-electron chi connectivity index (χ3n) is 6.22. The highest BCUT2D eigenvalue weighted by molar-refractivity contribution is 5.96. The summed E-state index contributed by atoms with van der Waals surface area (Å²) in [6.07, 6.45) is -26.1. The molecule has 0 radical (unpaired) electrons. The second-order valence-electron chi connectivity index (χ2n) is 9.36. The third-order valence-corrected chi connectivity index (χ3v) is 6.22. The van der Waals surface area contributed by atoms with Crippen LogP contribution in [0.3, 0.4) is 0 Å². The van der Waals surface area contributed by atoms with Gasteiger partial charge in [-0.1, -0.05) is 6.58 Å². The second-order valence-corrected chi connectivity index (χ2v) is 9.36. The first kappa shape index (κ1) is 34.5. The van der Waals surface area contributed by atoms with Crippen LogP contribution < -0.4 is 0 Å². The molecule has 2 fully saturated rings. The van der Waals surface area contributed by atoms with Crippen LogP contribution in [0, 0.1) is 0 Å². The lowest BCUT2D eigenvalue weighted by atomic mass is 9.98. The number of aliphatic hydroxyl groups excluding tert-OH is 11. The molecule has 0 aromatic heterocycles. The Balaban J connectivity index is 1.95. The Morgan fingerprint density at radius 2 is 1.27 bits per heavy atom. The fourth-order valence-electron chi connectivity index (χ4n) is 3.67. The van der Waals surface area contributed by atoms with Crippen LogP contribution in [0.2, 0.25) is 0 Å². The molecule has 2 heterocycles. The van der Waals surface area contributed by atoms with E-state index in [1.807, 2.05) is 0 Å². The van der Waals surface area contributed by atoms with E-state index >= 15 is 0 Å². The Bertz CT molecular complexity index is 854. The Kier molecular flexibility index (Phi) is 12.9. The zero-order chi connectivity index (χ0) is 30.5. The van der Waals surface area contributed by atoms with Gasteiger partial charge in [-0.3, -0.25) is 0 Å². The predicted octanol–water partition coefficient (Wildman–Crippen LogP) is -7.28. The van der Waals surface area contributed by atoms with E-state index in [4.69, 9.17) is 18.9 Å². The molecule has 0 amide bonds. The number of rotatable bonds is 12. The molecule has 2 aliphatic rings. The zero-order valence-electron chi connectivity index (χ0n) is 21.2. The van der Waals surface area contributed by atoms with Crippen molar-refractivity contribution in [2.75, 3.05) is 19.8 Å².